The van der Waals surface area contributed by atoms with Gasteiger partial charge in [0.05, 0.1) is 11.5 Å². The molecule has 3 heteroatoms. The van der Waals surface area contributed by atoms with Crippen molar-refractivity contribution in [2.24, 2.45) is 11.1 Å². The average Bonchev–Trinajstić information content (AvgIpc) is 2.96. The van der Waals surface area contributed by atoms with E-state index in [-0.39, 0.29) is 17.4 Å². The zero-order valence-corrected chi connectivity index (χ0v) is 12.6. The van der Waals surface area contributed by atoms with Gasteiger partial charge in [0.15, 0.2) is 0 Å². The van der Waals surface area contributed by atoms with Gasteiger partial charge in [-0.15, -0.1) is 0 Å². The standard InChI is InChI=1S/C17H26N2O/c1-3-15(14-8-6-13(2)7-9-14)19-16(20)17(12-18)10-4-5-11-17/h6-9,15H,3-5,10-12,18H2,1-2H3,(H,19,20). The first-order valence-corrected chi connectivity index (χ1v) is 7.69. The third kappa shape index (κ3) is 3.04. The third-order valence-corrected chi connectivity index (χ3v) is 4.63. The molecule has 1 aromatic carbocycles. The predicted octanol–water partition coefficient (Wildman–Crippen LogP) is 3.08. The predicted molar refractivity (Wildman–Crippen MR) is 82.3 cm³/mol. The minimum Gasteiger partial charge on any atom is -0.349 e. The van der Waals surface area contributed by atoms with E-state index in [9.17, 15) is 4.79 Å². The summed E-state index contributed by atoms with van der Waals surface area (Å²) in [6, 6.07) is 8.49. The molecule has 1 atom stereocenters. The van der Waals surface area contributed by atoms with E-state index in [1.807, 2.05) is 0 Å². The van der Waals surface area contributed by atoms with Crippen molar-refractivity contribution in [2.75, 3.05) is 6.54 Å². The van der Waals surface area contributed by atoms with Crippen LogP contribution in [0.4, 0.5) is 0 Å². The van der Waals surface area contributed by atoms with Gasteiger partial charge in [-0.3, -0.25) is 4.79 Å². The van der Waals surface area contributed by atoms with Crippen LogP contribution in [0.3, 0.4) is 0 Å². The molecule has 0 aliphatic heterocycles. The van der Waals surface area contributed by atoms with Crippen molar-refractivity contribution in [1.82, 2.24) is 5.32 Å². The second kappa shape index (κ2) is 6.40. The van der Waals surface area contributed by atoms with Gasteiger partial charge < -0.3 is 11.1 Å². The van der Waals surface area contributed by atoms with Crippen molar-refractivity contribution in [3.8, 4) is 0 Å². The number of benzene rings is 1. The molecule has 3 nitrogen and oxygen atoms in total. The average molecular weight is 274 g/mol. The molecule has 0 aromatic heterocycles. The van der Waals surface area contributed by atoms with E-state index >= 15 is 0 Å². The highest BCUT2D eigenvalue weighted by Gasteiger charge is 2.40. The molecule has 3 N–H and O–H groups in total. The van der Waals surface area contributed by atoms with Crippen molar-refractivity contribution in [2.45, 2.75) is 52.0 Å². The molecule has 0 radical (unpaired) electrons. The Morgan fingerprint density at radius 3 is 2.40 bits per heavy atom. The number of hydrogen-bond acceptors (Lipinski definition) is 2. The van der Waals surface area contributed by atoms with Gasteiger partial charge in [0.2, 0.25) is 5.91 Å². The summed E-state index contributed by atoms with van der Waals surface area (Å²) in [7, 11) is 0. The molecule has 20 heavy (non-hydrogen) atoms. The first kappa shape index (κ1) is 15.0. The van der Waals surface area contributed by atoms with Crippen LogP contribution >= 0.6 is 0 Å². The molecule has 2 rings (SSSR count). The smallest absolute Gasteiger partial charge is 0.227 e. The van der Waals surface area contributed by atoms with Crippen molar-refractivity contribution in [3.63, 3.8) is 0 Å². The molecule has 110 valence electrons. The van der Waals surface area contributed by atoms with Crippen LogP contribution in [0.1, 0.15) is 56.2 Å². The normalized spacial score (nSPS) is 18.8. The van der Waals surface area contributed by atoms with E-state index in [1.54, 1.807) is 0 Å². The highest BCUT2D eigenvalue weighted by Crippen LogP contribution is 2.38. The molecule has 0 heterocycles. The SMILES string of the molecule is CCC(NC(=O)C1(CN)CCCC1)c1ccc(C)cc1. The molecule has 0 spiro atoms. The van der Waals surface area contributed by atoms with Crippen LogP contribution in [0.5, 0.6) is 0 Å². The second-order valence-corrected chi connectivity index (χ2v) is 6.04. The Morgan fingerprint density at radius 1 is 1.30 bits per heavy atom. The van der Waals surface area contributed by atoms with E-state index in [2.05, 4.69) is 43.4 Å². The molecular weight excluding hydrogens is 248 g/mol. The lowest BCUT2D eigenvalue weighted by Gasteiger charge is -2.29. The zero-order chi connectivity index (χ0) is 14.6. The molecule has 1 saturated carbocycles. The number of aryl methyl sites for hydroxylation is 1. The van der Waals surface area contributed by atoms with Gasteiger partial charge in [0, 0.05) is 6.54 Å². The van der Waals surface area contributed by atoms with Gasteiger partial charge in [-0.1, -0.05) is 49.6 Å². The van der Waals surface area contributed by atoms with Crippen molar-refractivity contribution < 1.29 is 4.79 Å². The van der Waals surface area contributed by atoms with Crippen LogP contribution in [0.15, 0.2) is 24.3 Å². The number of amides is 1. The maximum absolute atomic E-state index is 12.6. The first-order valence-electron chi connectivity index (χ1n) is 7.69. The maximum atomic E-state index is 12.6. The summed E-state index contributed by atoms with van der Waals surface area (Å²) in [5, 5.41) is 3.22. The summed E-state index contributed by atoms with van der Waals surface area (Å²) < 4.78 is 0. The lowest BCUT2D eigenvalue weighted by molar-refractivity contribution is -0.131. The summed E-state index contributed by atoms with van der Waals surface area (Å²) in [6.45, 7) is 4.64. The highest BCUT2D eigenvalue weighted by atomic mass is 16.2. The fourth-order valence-electron chi connectivity index (χ4n) is 3.11. The summed E-state index contributed by atoms with van der Waals surface area (Å²) in [6.07, 6.45) is 4.99. The molecule has 1 aromatic rings. The van der Waals surface area contributed by atoms with E-state index in [0.29, 0.717) is 6.54 Å². The molecule has 1 fully saturated rings. The molecule has 1 aliphatic rings. The second-order valence-electron chi connectivity index (χ2n) is 6.04. The fraction of sp³-hybridized carbons (Fsp3) is 0.588. The van der Waals surface area contributed by atoms with Crippen LogP contribution in [0.2, 0.25) is 0 Å². The molecule has 0 bridgehead atoms. The molecule has 1 aliphatic carbocycles. The third-order valence-electron chi connectivity index (χ3n) is 4.63. The Morgan fingerprint density at radius 2 is 1.90 bits per heavy atom. The largest absolute Gasteiger partial charge is 0.349 e. The van der Waals surface area contributed by atoms with E-state index in [1.165, 1.54) is 11.1 Å². The number of rotatable bonds is 5. The van der Waals surface area contributed by atoms with Crippen molar-refractivity contribution in [3.05, 3.63) is 35.4 Å². The molecule has 1 unspecified atom stereocenters. The summed E-state index contributed by atoms with van der Waals surface area (Å²) >= 11 is 0. The first-order chi connectivity index (χ1) is 9.61. The minimum atomic E-state index is -0.321. The van der Waals surface area contributed by atoms with Gasteiger partial charge in [0.1, 0.15) is 0 Å². The Labute approximate surface area is 121 Å². The summed E-state index contributed by atoms with van der Waals surface area (Å²) in [5.74, 6) is 0.143. The number of nitrogens with two attached hydrogens (primary N) is 1. The van der Waals surface area contributed by atoms with E-state index in [0.717, 1.165) is 32.1 Å². The number of hydrogen-bond donors (Lipinski definition) is 2. The Hall–Kier alpha value is -1.35. The molecule has 0 saturated heterocycles. The number of carbonyl (C=O) groups excluding carboxylic acids is 1. The molecule has 1 amide bonds. The lowest BCUT2D eigenvalue weighted by atomic mass is 9.84. The van der Waals surface area contributed by atoms with Crippen LogP contribution in [-0.2, 0) is 4.79 Å². The fourth-order valence-corrected chi connectivity index (χ4v) is 3.11. The van der Waals surface area contributed by atoms with Crippen molar-refractivity contribution >= 4 is 5.91 Å². The number of carbonyl (C=O) groups is 1. The Balaban J connectivity index is 2.09. The Bertz CT molecular complexity index is 447. The number of nitrogens with one attached hydrogen (secondary N) is 1. The van der Waals surface area contributed by atoms with Gasteiger partial charge in [-0.05, 0) is 31.7 Å². The summed E-state index contributed by atoms with van der Waals surface area (Å²) in [5.41, 5.74) is 7.98. The van der Waals surface area contributed by atoms with Crippen LogP contribution in [-0.4, -0.2) is 12.5 Å². The quantitative estimate of drug-likeness (QED) is 0.867. The van der Waals surface area contributed by atoms with Crippen LogP contribution in [0, 0.1) is 12.3 Å². The lowest BCUT2D eigenvalue weighted by Crippen LogP contribution is -2.45. The Kier molecular flexibility index (Phi) is 4.81. The van der Waals surface area contributed by atoms with Crippen LogP contribution in [0.25, 0.3) is 0 Å². The monoisotopic (exact) mass is 274 g/mol. The molecular formula is C17H26N2O. The van der Waals surface area contributed by atoms with E-state index < -0.39 is 0 Å². The summed E-state index contributed by atoms with van der Waals surface area (Å²) in [4.78, 5) is 12.6. The highest BCUT2D eigenvalue weighted by molar-refractivity contribution is 5.83. The topological polar surface area (TPSA) is 55.1 Å². The van der Waals surface area contributed by atoms with Crippen molar-refractivity contribution in [1.29, 1.82) is 0 Å². The maximum Gasteiger partial charge on any atom is 0.227 e. The van der Waals surface area contributed by atoms with Gasteiger partial charge in [0.25, 0.3) is 0 Å². The van der Waals surface area contributed by atoms with Gasteiger partial charge in [-0.2, -0.15) is 0 Å². The van der Waals surface area contributed by atoms with Gasteiger partial charge >= 0.3 is 0 Å². The zero-order valence-electron chi connectivity index (χ0n) is 12.6. The minimum absolute atomic E-state index is 0.0899. The van der Waals surface area contributed by atoms with E-state index in [4.69, 9.17) is 5.73 Å². The van der Waals surface area contributed by atoms with Gasteiger partial charge in [-0.25, -0.2) is 0 Å². The van der Waals surface area contributed by atoms with Crippen LogP contribution < -0.4 is 11.1 Å².